The Labute approximate surface area is 126 Å². The number of nitrogens with two attached hydrogens (primary N) is 1. The Balaban J connectivity index is 2.05. The molecule has 1 fully saturated rings. The summed E-state index contributed by atoms with van der Waals surface area (Å²) < 4.78 is 0. The van der Waals surface area contributed by atoms with E-state index in [4.69, 9.17) is 5.73 Å². The molecule has 0 radical (unpaired) electrons. The van der Waals surface area contributed by atoms with E-state index < -0.39 is 0 Å². The Morgan fingerprint density at radius 1 is 1.35 bits per heavy atom. The number of hydrogen-bond acceptors (Lipinski definition) is 5. The third-order valence-electron chi connectivity index (χ3n) is 3.56. The maximum Gasteiger partial charge on any atom is 0.138 e. The third-order valence-corrected chi connectivity index (χ3v) is 4.79. The molecule has 1 aromatic rings. The molecule has 5 heteroatoms. The molecule has 1 saturated carbocycles. The maximum absolute atomic E-state index is 5.91. The molecule has 1 aromatic heterocycles. The van der Waals surface area contributed by atoms with Crippen LogP contribution >= 0.6 is 11.8 Å². The lowest BCUT2D eigenvalue weighted by Gasteiger charge is -2.20. The molecule has 2 atom stereocenters. The van der Waals surface area contributed by atoms with Gasteiger partial charge in [0.15, 0.2) is 0 Å². The summed E-state index contributed by atoms with van der Waals surface area (Å²) in [5, 5.41) is 4.33. The van der Waals surface area contributed by atoms with Gasteiger partial charge in [0.25, 0.3) is 0 Å². The molecule has 0 bridgehead atoms. The van der Waals surface area contributed by atoms with Crippen LogP contribution in [0.3, 0.4) is 0 Å². The van der Waals surface area contributed by atoms with Crippen molar-refractivity contribution in [2.45, 2.75) is 63.7 Å². The zero-order valence-corrected chi connectivity index (χ0v) is 13.8. The van der Waals surface area contributed by atoms with Crippen molar-refractivity contribution in [3.8, 4) is 0 Å². The van der Waals surface area contributed by atoms with Crippen molar-refractivity contribution >= 4 is 23.4 Å². The fraction of sp³-hybridized carbons (Fsp3) is 0.733. The Kier molecular flexibility index (Phi) is 4.78. The van der Waals surface area contributed by atoms with Crippen LogP contribution in [0.15, 0.2) is 6.07 Å². The van der Waals surface area contributed by atoms with Crippen molar-refractivity contribution in [3.05, 3.63) is 11.9 Å². The highest BCUT2D eigenvalue weighted by Crippen LogP contribution is 2.31. The van der Waals surface area contributed by atoms with Crippen LogP contribution in [0.1, 0.15) is 52.8 Å². The van der Waals surface area contributed by atoms with Gasteiger partial charge in [0.2, 0.25) is 0 Å². The molecule has 0 aliphatic heterocycles. The minimum absolute atomic E-state index is 0.0813. The highest BCUT2D eigenvalue weighted by atomic mass is 32.2. The summed E-state index contributed by atoms with van der Waals surface area (Å²) in [5.41, 5.74) is 5.83. The quantitative estimate of drug-likeness (QED) is 0.890. The normalized spacial score (nSPS) is 23.0. The Morgan fingerprint density at radius 2 is 2.10 bits per heavy atom. The van der Waals surface area contributed by atoms with Crippen LogP contribution in [-0.4, -0.2) is 27.0 Å². The lowest BCUT2D eigenvalue weighted by Crippen LogP contribution is -2.21. The first-order chi connectivity index (χ1) is 9.38. The minimum Gasteiger partial charge on any atom is -0.384 e. The molecule has 2 rings (SSSR count). The van der Waals surface area contributed by atoms with Gasteiger partial charge in [-0.25, -0.2) is 9.97 Å². The molecule has 1 aliphatic carbocycles. The monoisotopic (exact) mass is 294 g/mol. The highest BCUT2D eigenvalue weighted by Gasteiger charge is 2.25. The first-order valence-electron chi connectivity index (χ1n) is 7.41. The van der Waals surface area contributed by atoms with Gasteiger partial charge in [0.05, 0.1) is 0 Å². The van der Waals surface area contributed by atoms with Crippen LogP contribution in [0.25, 0.3) is 0 Å². The van der Waals surface area contributed by atoms with Gasteiger partial charge in [0, 0.05) is 22.8 Å². The van der Waals surface area contributed by atoms with Gasteiger partial charge in [0.1, 0.15) is 17.5 Å². The number of anilines is 2. The van der Waals surface area contributed by atoms with Crippen molar-refractivity contribution in [2.24, 2.45) is 0 Å². The molecule has 0 aromatic carbocycles. The lowest BCUT2D eigenvalue weighted by molar-refractivity contribution is 0.546. The van der Waals surface area contributed by atoms with Crippen molar-refractivity contribution in [3.63, 3.8) is 0 Å². The largest absolute Gasteiger partial charge is 0.384 e. The molecule has 0 amide bonds. The predicted molar refractivity (Wildman–Crippen MR) is 88.3 cm³/mol. The summed E-state index contributed by atoms with van der Waals surface area (Å²) in [7, 11) is 0. The van der Waals surface area contributed by atoms with Crippen molar-refractivity contribution in [2.75, 3.05) is 16.8 Å². The van der Waals surface area contributed by atoms with Crippen molar-refractivity contribution < 1.29 is 0 Å². The second-order valence-corrected chi connectivity index (χ2v) is 8.06. The SMILES string of the molecule is CCSC1CCC(Nc2cc(N)nc(C(C)(C)C)n2)C1. The number of nitrogens with zero attached hydrogens (tertiary/aromatic N) is 2. The van der Waals surface area contributed by atoms with E-state index in [0.717, 1.165) is 16.9 Å². The first-order valence-corrected chi connectivity index (χ1v) is 8.46. The third kappa shape index (κ3) is 4.01. The van der Waals surface area contributed by atoms with Gasteiger partial charge < -0.3 is 11.1 Å². The van der Waals surface area contributed by atoms with Crippen LogP contribution in [-0.2, 0) is 5.41 Å². The van der Waals surface area contributed by atoms with E-state index in [1.165, 1.54) is 25.0 Å². The van der Waals surface area contributed by atoms with Crippen LogP contribution in [0, 0.1) is 0 Å². The fourth-order valence-electron chi connectivity index (χ4n) is 2.54. The van der Waals surface area contributed by atoms with E-state index in [1.54, 1.807) is 0 Å². The lowest BCUT2D eigenvalue weighted by atomic mass is 9.96. The topological polar surface area (TPSA) is 63.8 Å². The van der Waals surface area contributed by atoms with Crippen LogP contribution in [0.4, 0.5) is 11.6 Å². The predicted octanol–water partition coefficient (Wildman–Crippen LogP) is 3.44. The average Bonchev–Trinajstić information content (AvgIpc) is 2.75. The summed E-state index contributed by atoms with van der Waals surface area (Å²) in [6.45, 7) is 8.55. The first kappa shape index (κ1) is 15.4. The van der Waals surface area contributed by atoms with E-state index in [0.29, 0.717) is 11.9 Å². The zero-order chi connectivity index (χ0) is 14.8. The second kappa shape index (κ2) is 6.20. The Hall–Kier alpha value is -0.970. The maximum atomic E-state index is 5.91. The standard InChI is InChI=1S/C15H26N4S/c1-5-20-11-7-6-10(8-11)17-13-9-12(16)18-14(19-13)15(2,3)4/h9-11H,5-8H2,1-4H3,(H3,16,17,18,19). The molecule has 1 heterocycles. The number of nitrogens with one attached hydrogen (secondary N) is 1. The van der Waals surface area contributed by atoms with E-state index >= 15 is 0 Å². The highest BCUT2D eigenvalue weighted by molar-refractivity contribution is 7.99. The molecular formula is C15H26N4S. The molecule has 112 valence electrons. The number of rotatable bonds is 4. The van der Waals surface area contributed by atoms with E-state index in [1.807, 2.05) is 6.07 Å². The summed E-state index contributed by atoms with van der Waals surface area (Å²) in [4.78, 5) is 8.98. The summed E-state index contributed by atoms with van der Waals surface area (Å²) >= 11 is 2.07. The smallest absolute Gasteiger partial charge is 0.138 e. The van der Waals surface area contributed by atoms with E-state index in [-0.39, 0.29) is 5.41 Å². The van der Waals surface area contributed by atoms with E-state index in [9.17, 15) is 0 Å². The van der Waals surface area contributed by atoms with Gasteiger partial charge >= 0.3 is 0 Å². The van der Waals surface area contributed by atoms with Crippen LogP contribution in [0.2, 0.25) is 0 Å². The molecular weight excluding hydrogens is 268 g/mol. The summed E-state index contributed by atoms with van der Waals surface area (Å²) in [6.07, 6.45) is 3.72. The Bertz CT molecular complexity index is 456. The van der Waals surface area contributed by atoms with Crippen LogP contribution in [0.5, 0.6) is 0 Å². The van der Waals surface area contributed by atoms with Crippen molar-refractivity contribution in [1.29, 1.82) is 0 Å². The molecule has 1 aliphatic rings. The van der Waals surface area contributed by atoms with Gasteiger partial charge in [-0.2, -0.15) is 11.8 Å². The van der Waals surface area contributed by atoms with Gasteiger partial charge in [-0.3, -0.25) is 0 Å². The molecule has 0 spiro atoms. The fourth-order valence-corrected chi connectivity index (χ4v) is 3.69. The van der Waals surface area contributed by atoms with Gasteiger partial charge in [-0.05, 0) is 25.0 Å². The van der Waals surface area contributed by atoms with E-state index in [2.05, 4.69) is 54.7 Å². The Morgan fingerprint density at radius 3 is 2.75 bits per heavy atom. The molecule has 4 nitrogen and oxygen atoms in total. The molecule has 20 heavy (non-hydrogen) atoms. The van der Waals surface area contributed by atoms with Crippen molar-refractivity contribution in [1.82, 2.24) is 9.97 Å². The zero-order valence-electron chi connectivity index (χ0n) is 12.9. The summed E-state index contributed by atoms with van der Waals surface area (Å²) in [5.74, 6) is 3.42. The van der Waals surface area contributed by atoms with Gasteiger partial charge in [-0.1, -0.05) is 27.7 Å². The number of nitrogen functional groups attached to an aromatic ring is 1. The molecule has 2 unspecified atom stereocenters. The van der Waals surface area contributed by atoms with Crippen LogP contribution < -0.4 is 11.1 Å². The number of hydrogen-bond donors (Lipinski definition) is 2. The number of thioether (sulfide) groups is 1. The van der Waals surface area contributed by atoms with Gasteiger partial charge in [-0.15, -0.1) is 0 Å². The number of aromatic nitrogens is 2. The minimum atomic E-state index is -0.0813. The second-order valence-electron chi connectivity index (χ2n) is 6.48. The molecule has 3 N–H and O–H groups in total. The molecule has 0 saturated heterocycles. The average molecular weight is 294 g/mol. The summed E-state index contributed by atoms with van der Waals surface area (Å²) in [6, 6.07) is 2.36.